The molecule has 6 nitrogen and oxygen atoms in total. The lowest BCUT2D eigenvalue weighted by atomic mass is 9.85. The molecule has 0 bridgehead atoms. The summed E-state index contributed by atoms with van der Waals surface area (Å²) in [6.07, 6.45) is 6.53. The number of hydrogen-bond acceptors (Lipinski definition) is 6. The summed E-state index contributed by atoms with van der Waals surface area (Å²) in [6, 6.07) is 8.50. The van der Waals surface area contributed by atoms with Crippen LogP contribution in [0.4, 0.5) is 0 Å². The summed E-state index contributed by atoms with van der Waals surface area (Å²) in [5.74, 6) is 1.96. The second-order valence-electron chi connectivity index (χ2n) is 7.81. The second-order valence-corrected chi connectivity index (χ2v) is 8.75. The van der Waals surface area contributed by atoms with Gasteiger partial charge in [-0.1, -0.05) is 31.0 Å². The van der Waals surface area contributed by atoms with Crippen molar-refractivity contribution >= 4 is 17.7 Å². The number of fused-ring (bicyclic) bond motifs is 1. The van der Waals surface area contributed by atoms with Crippen molar-refractivity contribution in [3.05, 3.63) is 34.4 Å². The van der Waals surface area contributed by atoms with Gasteiger partial charge in [-0.25, -0.2) is 0 Å². The molecule has 0 unspecified atom stereocenters. The molecule has 2 aliphatic heterocycles. The highest BCUT2D eigenvalue weighted by Crippen LogP contribution is 2.46. The van der Waals surface area contributed by atoms with Crippen LogP contribution in [-0.2, 0) is 4.79 Å². The molecule has 2 fully saturated rings. The predicted molar refractivity (Wildman–Crippen MR) is 112 cm³/mol. The topological polar surface area (TPSA) is 65.8 Å². The van der Waals surface area contributed by atoms with Crippen molar-refractivity contribution in [3.8, 4) is 17.6 Å². The molecule has 3 aliphatic rings. The van der Waals surface area contributed by atoms with E-state index in [0.29, 0.717) is 29.8 Å². The molecule has 0 spiro atoms. The number of ether oxygens (including phenoxy) is 2. The van der Waals surface area contributed by atoms with Crippen LogP contribution in [0.25, 0.3) is 0 Å². The first-order valence-corrected chi connectivity index (χ1v) is 11.2. The van der Waals surface area contributed by atoms with Gasteiger partial charge in [0.05, 0.1) is 43.4 Å². The van der Waals surface area contributed by atoms with Crippen molar-refractivity contribution in [2.24, 2.45) is 0 Å². The first-order chi connectivity index (χ1) is 14.2. The molecule has 0 radical (unpaired) electrons. The number of carbonyl (C=O) groups excluding carboxylic acids is 1. The number of carbonyl (C=O) groups is 1. The fourth-order valence-electron chi connectivity index (χ4n) is 4.63. The van der Waals surface area contributed by atoms with E-state index in [1.54, 1.807) is 26.0 Å². The van der Waals surface area contributed by atoms with E-state index in [1.807, 2.05) is 23.1 Å². The third kappa shape index (κ3) is 3.84. The number of nitriles is 1. The quantitative estimate of drug-likeness (QED) is 0.742. The van der Waals surface area contributed by atoms with Crippen LogP contribution in [0, 0.1) is 11.3 Å². The molecule has 1 aromatic carbocycles. The van der Waals surface area contributed by atoms with Crippen molar-refractivity contribution in [3.63, 3.8) is 0 Å². The Morgan fingerprint density at radius 1 is 1.17 bits per heavy atom. The Morgan fingerprint density at radius 3 is 2.66 bits per heavy atom. The van der Waals surface area contributed by atoms with Crippen LogP contribution >= 0.6 is 11.8 Å². The summed E-state index contributed by atoms with van der Waals surface area (Å²) in [7, 11) is 3.22. The molecule has 1 saturated carbocycles. The molecule has 7 heteroatoms. The third-order valence-corrected chi connectivity index (χ3v) is 7.39. The Balaban J connectivity index is 1.66. The zero-order valence-corrected chi connectivity index (χ0v) is 17.8. The van der Waals surface area contributed by atoms with Crippen LogP contribution in [-0.4, -0.2) is 48.5 Å². The van der Waals surface area contributed by atoms with Crippen molar-refractivity contribution in [2.45, 2.75) is 50.5 Å². The van der Waals surface area contributed by atoms with Crippen LogP contribution in [0.2, 0.25) is 0 Å². The summed E-state index contributed by atoms with van der Waals surface area (Å²) >= 11 is 1.62. The fourth-order valence-corrected chi connectivity index (χ4v) is 5.87. The average molecular weight is 414 g/mol. The van der Waals surface area contributed by atoms with Gasteiger partial charge in [-0.2, -0.15) is 5.26 Å². The molecule has 1 aromatic rings. The molecule has 1 aliphatic carbocycles. The normalized spacial score (nSPS) is 23.6. The number of methoxy groups -OCH3 is 2. The van der Waals surface area contributed by atoms with Crippen LogP contribution in [0.3, 0.4) is 0 Å². The van der Waals surface area contributed by atoms with Gasteiger partial charge < -0.3 is 9.47 Å². The van der Waals surface area contributed by atoms with Gasteiger partial charge in [0.1, 0.15) is 11.5 Å². The molecule has 1 amide bonds. The van der Waals surface area contributed by atoms with Gasteiger partial charge in [0.15, 0.2) is 0 Å². The van der Waals surface area contributed by atoms with E-state index in [2.05, 4.69) is 11.0 Å². The van der Waals surface area contributed by atoms with Crippen LogP contribution in [0.5, 0.6) is 11.5 Å². The van der Waals surface area contributed by atoms with Crippen molar-refractivity contribution in [2.75, 3.05) is 26.8 Å². The zero-order chi connectivity index (χ0) is 20.4. The molecule has 1 atom stereocenters. The number of thioether (sulfide) groups is 1. The first-order valence-electron chi connectivity index (χ1n) is 10.2. The number of hydrogen-bond donors (Lipinski definition) is 0. The highest BCUT2D eigenvalue weighted by atomic mass is 32.2. The molecule has 0 aromatic heterocycles. The Kier molecular flexibility index (Phi) is 6.02. The lowest BCUT2D eigenvalue weighted by molar-refractivity contribution is -0.132. The number of amides is 1. The molecule has 2 heterocycles. The summed E-state index contributed by atoms with van der Waals surface area (Å²) in [6.45, 7) is 0.596. The molecule has 1 saturated heterocycles. The molecule has 29 heavy (non-hydrogen) atoms. The number of nitrogens with zero attached hydrogens (tertiary/aromatic N) is 3. The van der Waals surface area contributed by atoms with Crippen molar-refractivity contribution < 1.29 is 14.3 Å². The maximum Gasteiger partial charge on any atom is 0.229 e. The number of rotatable bonds is 4. The third-order valence-electron chi connectivity index (χ3n) is 6.22. The van der Waals surface area contributed by atoms with Gasteiger partial charge in [0, 0.05) is 23.9 Å². The SMILES string of the molecule is COc1ccc(OC)c([C@H]2CC(=O)N3CN(C4CCCCC4)CSC3=C2C#N)c1. The largest absolute Gasteiger partial charge is 0.497 e. The van der Waals surface area contributed by atoms with E-state index in [0.717, 1.165) is 16.5 Å². The standard InChI is InChI=1S/C22H27N3O3S/c1-27-16-8-9-20(28-2)18(10-16)17-11-21(26)25-13-24(15-6-4-3-5-7-15)14-29-22(25)19(17)12-23/h8-10,15,17H,3-7,11,13-14H2,1-2H3/t17-/m1/s1. The van der Waals surface area contributed by atoms with Gasteiger partial charge in [0.25, 0.3) is 0 Å². The smallest absolute Gasteiger partial charge is 0.229 e. The van der Waals surface area contributed by atoms with E-state index in [-0.39, 0.29) is 18.2 Å². The molecular formula is C22H27N3O3S. The Morgan fingerprint density at radius 2 is 1.97 bits per heavy atom. The summed E-state index contributed by atoms with van der Waals surface area (Å²) in [5, 5.41) is 10.8. The van der Waals surface area contributed by atoms with Crippen molar-refractivity contribution in [1.29, 1.82) is 5.26 Å². The van der Waals surface area contributed by atoms with Gasteiger partial charge in [-0.05, 0) is 31.0 Å². The maximum atomic E-state index is 13.1. The van der Waals surface area contributed by atoms with Gasteiger partial charge in [0.2, 0.25) is 5.91 Å². The van der Waals surface area contributed by atoms with E-state index < -0.39 is 0 Å². The monoisotopic (exact) mass is 413 g/mol. The van der Waals surface area contributed by atoms with E-state index in [1.165, 1.54) is 32.1 Å². The Labute approximate surface area is 176 Å². The van der Waals surface area contributed by atoms with Gasteiger partial charge >= 0.3 is 0 Å². The van der Waals surface area contributed by atoms with Crippen molar-refractivity contribution in [1.82, 2.24) is 9.80 Å². The Hall–Kier alpha value is -2.17. The summed E-state index contributed by atoms with van der Waals surface area (Å²) in [4.78, 5) is 17.4. The summed E-state index contributed by atoms with van der Waals surface area (Å²) < 4.78 is 10.9. The fraction of sp³-hybridized carbons (Fsp3) is 0.545. The minimum absolute atomic E-state index is 0.0712. The average Bonchev–Trinajstić information content (AvgIpc) is 2.79. The lowest BCUT2D eigenvalue weighted by Gasteiger charge is -2.44. The highest BCUT2D eigenvalue weighted by Gasteiger charge is 2.40. The summed E-state index contributed by atoms with van der Waals surface area (Å²) in [5.41, 5.74) is 1.49. The van der Waals surface area contributed by atoms with Crippen LogP contribution in [0.1, 0.15) is 50.0 Å². The molecular weight excluding hydrogens is 386 g/mol. The maximum absolute atomic E-state index is 13.1. The minimum atomic E-state index is -0.308. The van der Waals surface area contributed by atoms with Gasteiger partial charge in [-0.15, -0.1) is 0 Å². The first kappa shape index (κ1) is 20.1. The van der Waals surface area contributed by atoms with Crippen LogP contribution < -0.4 is 9.47 Å². The van der Waals surface area contributed by atoms with E-state index in [4.69, 9.17) is 9.47 Å². The lowest BCUT2D eigenvalue weighted by Crippen LogP contribution is -2.51. The highest BCUT2D eigenvalue weighted by molar-refractivity contribution is 8.03. The molecule has 4 rings (SSSR count). The zero-order valence-electron chi connectivity index (χ0n) is 17.0. The molecule has 154 valence electrons. The minimum Gasteiger partial charge on any atom is -0.497 e. The van der Waals surface area contributed by atoms with E-state index in [9.17, 15) is 10.1 Å². The predicted octanol–water partition coefficient (Wildman–Crippen LogP) is 4.05. The molecule has 0 N–H and O–H groups in total. The van der Waals surface area contributed by atoms with E-state index >= 15 is 0 Å². The number of benzene rings is 1. The Bertz CT molecular complexity index is 857. The van der Waals surface area contributed by atoms with Crippen LogP contribution in [0.15, 0.2) is 28.8 Å². The number of allylic oxidation sites excluding steroid dienone is 1. The second kappa shape index (κ2) is 8.68. The van der Waals surface area contributed by atoms with Gasteiger partial charge in [-0.3, -0.25) is 14.6 Å².